The van der Waals surface area contributed by atoms with Crippen LogP contribution in [0.5, 0.6) is 0 Å². The van der Waals surface area contributed by atoms with Crippen molar-refractivity contribution in [1.82, 2.24) is 14.7 Å². The Morgan fingerprint density at radius 3 is 2.43 bits per heavy atom. The van der Waals surface area contributed by atoms with Crippen molar-refractivity contribution in [2.75, 3.05) is 42.1 Å². The summed E-state index contributed by atoms with van der Waals surface area (Å²) in [6.07, 6.45) is 5.25. The zero-order chi connectivity index (χ0) is 21.0. The maximum absolute atomic E-state index is 11.5. The molecule has 1 aromatic heterocycles. The highest BCUT2D eigenvalue weighted by molar-refractivity contribution is 7.92. The quantitative estimate of drug-likeness (QED) is 0.630. The molecule has 3 aromatic rings. The molecule has 0 atom stereocenters. The lowest BCUT2D eigenvalue weighted by molar-refractivity contribution is 0.250. The molecule has 0 saturated carbocycles. The Morgan fingerprint density at radius 2 is 1.70 bits per heavy atom. The van der Waals surface area contributed by atoms with E-state index in [0.717, 1.165) is 45.0 Å². The number of piperazine rings is 1. The average molecular weight is 426 g/mol. The van der Waals surface area contributed by atoms with Gasteiger partial charge in [0.1, 0.15) is 0 Å². The summed E-state index contributed by atoms with van der Waals surface area (Å²) in [7, 11) is -3.27. The van der Waals surface area contributed by atoms with Crippen molar-refractivity contribution >= 4 is 21.4 Å². The Labute approximate surface area is 178 Å². The maximum Gasteiger partial charge on any atom is 0.229 e. The van der Waals surface area contributed by atoms with E-state index in [9.17, 15) is 8.42 Å². The van der Waals surface area contributed by atoms with Crippen molar-refractivity contribution in [3.8, 4) is 0 Å². The first-order chi connectivity index (χ1) is 14.4. The van der Waals surface area contributed by atoms with E-state index in [4.69, 9.17) is 0 Å². The molecule has 0 radical (unpaired) electrons. The molecule has 0 aliphatic carbocycles. The van der Waals surface area contributed by atoms with E-state index in [1.54, 1.807) is 6.07 Å². The van der Waals surface area contributed by atoms with Crippen molar-refractivity contribution in [1.29, 1.82) is 0 Å². The third kappa shape index (κ3) is 5.61. The van der Waals surface area contributed by atoms with Crippen LogP contribution in [0.2, 0.25) is 0 Å². The van der Waals surface area contributed by atoms with Crippen LogP contribution in [0.25, 0.3) is 0 Å². The third-order valence-electron chi connectivity index (χ3n) is 5.17. The van der Waals surface area contributed by atoms with E-state index in [-0.39, 0.29) is 0 Å². The van der Waals surface area contributed by atoms with Crippen LogP contribution in [-0.4, -0.2) is 55.5 Å². The van der Waals surface area contributed by atoms with E-state index in [2.05, 4.69) is 38.0 Å². The van der Waals surface area contributed by atoms with Gasteiger partial charge in [0, 0.05) is 50.2 Å². The van der Waals surface area contributed by atoms with Gasteiger partial charge in [-0.15, -0.1) is 0 Å². The number of nitrogens with one attached hydrogen (secondary N) is 1. The molecule has 1 N–H and O–H groups in total. The minimum absolute atomic E-state index is 0.600. The second kappa shape index (κ2) is 8.89. The summed E-state index contributed by atoms with van der Waals surface area (Å²) in [4.78, 5) is 4.72. The normalized spacial score (nSPS) is 15.3. The molecule has 158 valence electrons. The Bertz CT molecular complexity index is 1070. The summed E-state index contributed by atoms with van der Waals surface area (Å²) < 4.78 is 27.5. The van der Waals surface area contributed by atoms with Crippen LogP contribution in [-0.2, 0) is 23.1 Å². The fraction of sp³-hybridized carbons (Fsp3) is 0.318. The molecule has 30 heavy (non-hydrogen) atoms. The fourth-order valence-electron chi connectivity index (χ4n) is 3.75. The largest absolute Gasteiger partial charge is 0.369 e. The minimum atomic E-state index is -3.27. The first-order valence-electron chi connectivity index (χ1n) is 10.0. The number of aromatic nitrogens is 2. The van der Waals surface area contributed by atoms with Crippen LogP contribution >= 0.6 is 0 Å². The number of nitrogens with zero attached hydrogens (tertiary/aromatic N) is 4. The highest BCUT2D eigenvalue weighted by Crippen LogP contribution is 2.22. The van der Waals surface area contributed by atoms with Crippen LogP contribution in [0, 0.1) is 0 Å². The number of rotatable bonds is 7. The van der Waals surface area contributed by atoms with E-state index >= 15 is 0 Å². The average Bonchev–Trinajstić information content (AvgIpc) is 3.15. The monoisotopic (exact) mass is 425 g/mol. The molecule has 0 spiro atoms. The summed E-state index contributed by atoms with van der Waals surface area (Å²) >= 11 is 0. The number of anilines is 2. The zero-order valence-corrected chi connectivity index (χ0v) is 17.9. The van der Waals surface area contributed by atoms with Gasteiger partial charge in [-0.3, -0.25) is 14.3 Å². The van der Waals surface area contributed by atoms with Crippen molar-refractivity contribution in [3.05, 3.63) is 78.1 Å². The van der Waals surface area contributed by atoms with Gasteiger partial charge in [0.2, 0.25) is 10.0 Å². The Hall–Kier alpha value is -2.84. The number of hydrogen-bond acceptors (Lipinski definition) is 5. The highest BCUT2D eigenvalue weighted by Gasteiger charge is 2.18. The molecule has 4 rings (SSSR count). The zero-order valence-electron chi connectivity index (χ0n) is 17.1. The molecular weight excluding hydrogens is 398 g/mol. The number of hydrogen-bond donors (Lipinski definition) is 1. The number of sulfonamides is 1. The smallest absolute Gasteiger partial charge is 0.229 e. The fourth-order valence-corrected chi connectivity index (χ4v) is 4.30. The highest BCUT2D eigenvalue weighted by atomic mass is 32.2. The van der Waals surface area contributed by atoms with Gasteiger partial charge in [-0.2, -0.15) is 5.10 Å². The maximum atomic E-state index is 11.5. The summed E-state index contributed by atoms with van der Waals surface area (Å²) in [6, 6.07) is 17.9. The molecule has 8 heteroatoms. The molecule has 2 aromatic carbocycles. The topological polar surface area (TPSA) is 70.5 Å². The molecule has 1 fully saturated rings. The third-order valence-corrected chi connectivity index (χ3v) is 5.77. The molecule has 0 unspecified atom stereocenters. The Balaban J connectivity index is 1.31. The molecular formula is C22H27N5O2S. The SMILES string of the molecule is CS(=O)(=O)Nc1cccc(N2CCN(Cc3cnn(Cc4ccccc4)c3)CC2)c1. The van der Waals surface area contributed by atoms with Crippen LogP contribution in [0.15, 0.2) is 67.0 Å². The lowest BCUT2D eigenvalue weighted by Crippen LogP contribution is -2.45. The standard InChI is InChI=1S/C22H27N5O2S/c1-30(28,29)24-21-8-5-9-22(14-21)26-12-10-25(11-13-26)16-20-15-23-27(18-20)17-19-6-3-2-4-7-19/h2-9,14-15,18,24H,10-13,16-17H2,1H3. The minimum Gasteiger partial charge on any atom is -0.369 e. The van der Waals surface area contributed by atoms with Crippen LogP contribution in [0.3, 0.4) is 0 Å². The molecule has 2 heterocycles. The predicted octanol–water partition coefficient (Wildman–Crippen LogP) is 2.63. The molecule has 0 bridgehead atoms. The van der Waals surface area contributed by atoms with E-state index in [1.165, 1.54) is 17.4 Å². The Morgan fingerprint density at radius 1 is 0.933 bits per heavy atom. The lowest BCUT2D eigenvalue weighted by atomic mass is 10.2. The van der Waals surface area contributed by atoms with Gasteiger partial charge in [0.25, 0.3) is 0 Å². The van der Waals surface area contributed by atoms with Gasteiger partial charge in [-0.25, -0.2) is 8.42 Å². The predicted molar refractivity (Wildman–Crippen MR) is 120 cm³/mol. The van der Waals surface area contributed by atoms with Gasteiger partial charge in [-0.05, 0) is 23.8 Å². The first kappa shape index (κ1) is 20.4. The van der Waals surface area contributed by atoms with Crippen molar-refractivity contribution in [3.63, 3.8) is 0 Å². The molecule has 1 saturated heterocycles. The summed E-state index contributed by atoms with van der Waals surface area (Å²) in [5.74, 6) is 0. The van der Waals surface area contributed by atoms with Crippen molar-refractivity contribution in [2.45, 2.75) is 13.1 Å². The molecule has 7 nitrogen and oxygen atoms in total. The van der Waals surface area contributed by atoms with Gasteiger partial charge >= 0.3 is 0 Å². The second-order valence-corrected chi connectivity index (χ2v) is 9.47. The summed E-state index contributed by atoms with van der Waals surface area (Å²) in [5.41, 5.74) is 4.11. The van der Waals surface area contributed by atoms with E-state index in [1.807, 2.05) is 47.3 Å². The first-order valence-corrected chi connectivity index (χ1v) is 11.9. The van der Waals surface area contributed by atoms with Gasteiger partial charge in [0.05, 0.1) is 24.7 Å². The Kier molecular flexibility index (Phi) is 6.06. The van der Waals surface area contributed by atoms with Gasteiger partial charge in [-0.1, -0.05) is 36.4 Å². The summed E-state index contributed by atoms with van der Waals surface area (Å²) in [6.45, 7) is 5.38. The van der Waals surface area contributed by atoms with E-state index in [0.29, 0.717) is 5.69 Å². The van der Waals surface area contributed by atoms with E-state index < -0.39 is 10.0 Å². The van der Waals surface area contributed by atoms with Gasteiger partial charge in [0.15, 0.2) is 0 Å². The van der Waals surface area contributed by atoms with Crippen LogP contribution in [0.1, 0.15) is 11.1 Å². The lowest BCUT2D eigenvalue weighted by Gasteiger charge is -2.36. The number of benzene rings is 2. The molecule has 1 aliphatic heterocycles. The van der Waals surface area contributed by atoms with Crippen molar-refractivity contribution in [2.24, 2.45) is 0 Å². The van der Waals surface area contributed by atoms with Crippen LogP contribution in [0.4, 0.5) is 11.4 Å². The molecule has 1 aliphatic rings. The second-order valence-electron chi connectivity index (χ2n) is 7.72. The molecule has 0 amide bonds. The van der Waals surface area contributed by atoms with Crippen LogP contribution < -0.4 is 9.62 Å². The van der Waals surface area contributed by atoms with Crippen molar-refractivity contribution < 1.29 is 8.42 Å². The van der Waals surface area contributed by atoms with Gasteiger partial charge < -0.3 is 4.90 Å². The summed E-state index contributed by atoms with van der Waals surface area (Å²) in [5, 5.41) is 4.50.